The third kappa shape index (κ3) is 4.98. The predicted molar refractivity (Wildman–Crippen MR) is 101 cm³/mol. The van der Waals surface area contributed by atoms with Gasteiger partial charge in [-0.25, -0.2) is 8.78 Å². The molecule has 2 fully saturated rings. The van der Waals surface area contributed by atoms with Gasteiger partial charge >= 0.3 is 0 Å². The highest BCUT2D eigenvalue weighted by atomic mass is 19.3. The highest BCUT2D eigenvalue weighted by molar-refractivity contribution is 5.94. The number of likely N-dealkylation sites (tertiary alicyclic amines) is 2. The Morgan fingerprint density at radius 1 is 1.25 bits per heavy atom. The molecule has 1 aromatic carbocycles. The first-order valence-electron chi connectivity index (χ1n) is 9.62. The van der Waals surface area contributed by atoms with Crippen LogP contribution in [0, 0.1) is 5.92 Å². The van der Waals surface area contributed by atoms with E-state index in [1.807, 2.05) is 11.0 Å². The molecule has 3 rings (SSSR count). The summed E-state index contributed by atoms with van der Waals surface area (Å²) in [7, 11) is 1.58. The Bertz CT molecular complexity index is 731. The molecule has 2 saturated heterocycles. The number of benzene rings is 1. The third-order valence-electron chi connectivity index (χ3n) is 5.57. The predicted octanol–water partition coefficient (Wildman–Crippen LogP) is 1.92. The minimum Gasteiger partial charge on any atom is -0.496 e. The number of nitrogens with zero attached hydrogens (tertiary/aromatic N) is 2. The van der Waals surface area contributed by atoms with Crippen molar-refractivity contribution < 1.29 is 23.1 Å². The fourth-order valence-corrected chi connectivity index (χ4v) is 4.05. The molecule has 1 aromatic rings. The second-order valence-corrected chi connectivity index (χ2v) is 7.74. The van der Waals surface area contributed by atoms with Crippen molar-refractivity contribution in [3.8, 4) is 5.75 Å². The average Bonchev–Trinajstić information content (AvgIpc) is 3.07. The minimum atomic E-state index is -2.68. The second-order valence-electron chi connectivity index (χ2n) is 7.74. The molecule has 6 nitrogen and oxygen atoms in total. The lowest BCUT2D eigenvalue weighted by Crippen LogP contribution is -2.42. The van der Waals surface area contributed by atoms with Crippen molar-refractivity contribution in [2.24, 2.45) is 11.7 Å². The van der Waals surface area contributed by atoms with E-state index in [1.54, 1.807) is 19.2 Å². The first kappa shape index (κ1) is 20.5. The van der Waals surface area contributed by atoms with Gasteiger partial charge in [-0.3, -0.25) is 14.5 Å². The zero-order valence-electron chi connectivity index (χ0n) is 16.1. The van der Waals surface area contributed by atoms with Crippen molar-refractivity contribution in [1.82, 2.24) is 9.80 Å². The number of methoxy groups -OCH3 is 1. The number of carbonyl (C=O) groups excluding carboxylic acids is 2. The van der Waals surface area contributed by atoms with Gasteiger partial charge < -0.3 is 15.4 Å². The maximum absolute atomic E-state index is 13.4. The minimum absolute atomic E-state index is 0.0674. The van der Waals surface area contributed by atoms with Gasteiger partial charge in [0.1, 0.15) is 5.75 Å². The Labute approximate surface area is 163 Å². The molecule has 154 valence electrons. The van der Waals surface area contributed by atoms with Crippen molar-refractivity contribution in [1.29, 1.82) is 0 Å². The van der Waals surface area contributed by atoms with Gasteiger partial charge in [0, 0.05) is 38.0 Å². The van der Waals surface area contributed by atoms with Crippen LogP contribution in [0.1, 0.15) is 35.2 Å². The van der Waals surface area contributed by atoms with E-state index in [9.17, 15) is 18.4 Å². The van der Waals surface area contributed by atoms with Crippen LogP contribution < -0.4 is 10.5 Å². The summed E-state index contributed by atoms with van der Waals surface area (Å²) >= 11 is 0. The third-order valence-corrected chi connectivity index (χ3v) is 5.57. The number of amides is 2. The summed E-state index contributed by atoms with van der Waals surface area (Å²) in [5.74, 6) is -2.19. The first-order chi connectivity index (χ1) is 13.3. The van der Waals surface area contributed by atoms with Gasteiger partial charge in [-0.05, 0) is 49.1 Å². The number of piperidine rings is 1. The standard InChI is InChI=1S/C20H27F2N3O3/c1-28-17-3-2-15(19(27)25-8-5-20(21,22)6-9-25)11-16(17)10-14-4-7-24(12-14)13-18(23)26/h2-3,11,14H,4-10,12-13H2,1H3,(H2,23,26). The van der Waals surface area contributed by atoms with Crippen molar-refractivity contribution in [3.63, 3.8) is 0 Å². The van der Waals surface area contributed by atoms with Gasteiger partial charge in [-0.15, -0.1) is 0 Å². The summed E-state index contributed by atoms with van der Waals surface area (Å²) in [6.07, 6.45) is 1.08. The summed E-state index contributed by atoms with van der Waals surface area (Å²) in [5.41, 5.74) is 6.68. The molecule has 2 aliphatic rings. The normalized spacial score (nSPS) is 22.2. The summed E-state index contributed by atoms with van der Waals surface area (Å²) in [4.78, 5) is 27.4. The lowest BCUT2D eigenvalue weighted by atomic mass is 9.96. The average molecular weight is 395 g/mol. The van der Waals surface area contributed by atoms with Gasteiger partial charge in [0.2, 0.25) is 5.91 Å². The fourth-order valence-electron chi connectivity index (χ4n) is 4.05. The topological polar surface area (TPSA) is 75.9 Å². The highest BCUT2D eigenvalue weighted by Gasteiger charge is 2.36. The van der Waals surface area contributed by atoms with Crippen LogP contribution in [0.25, 0.3) is 0 Å². The maximum Gasteiger partial charge on any atom is 0.253 e. The number of rotatable bonds is 6. The van der Waals surface area contributed by atoms with Crippen molar-refractivity contribution in [2.45, 2.75) is 31.6 Å². The number of primary amides is 1. The maximum atomic E-state index is 13.4. The lowest BCUT2D eigenvalue weighted by molar-refractivity contribution is -0.118. The number of hydrogen-bond donors (Lipinski definition) is 1. The number of ether oxygens (including phenoxy) is 1. The lowest BCUT2D eigenvalue weighted by Gasteiger charge is -2.32. The van der Waals surface area contributed by atoms with E-state index in [2.05, 4.69) is 0 Å². The summed E-state index contributed by atoms with van der Waals surface area (Å²) in [6.45, 7) is 1.98. The molecular formula is C20H27F2N3O3. The Morgan fingerprint density at radius 3 is 2.61 bits per heavy atom. The smallest absolute Gasteiger partial charge is 0.253 e. The Morgan fingerprint density at radius 2 is 1.96 bits per heavy atom. The van der Waals surface area contributed by atoms with Gasteiger partial charge in [0.15, 0.2) is 0 Å². The van der Waals surface area contributed by atoms with Crippen LogP contribution in [-0.4, -0.2) is 67.4 Å². The fraction of sp³-hybridized carbons (Fsp3) is 0.600. The van der Waals surface area contributed by atoms with Gasteiger partial charge in [0.05, 0.1) is 13.7 Å². The van der Waals surface area contributed by atoms with Crippen LogP contribution in [0.4, 0.5) is 8.78 Å². The zero-order chi connectivity index (χ0) is 20.3. The molecular weight excluding hydrogens is 368 g/mol. The number of nitrogens with two attached hydrogens (primary N) is 1. The molecule has 0 radical (unpaired) electrons. The second kappa shape index (κ2) is 8.43. The molecule has 2 N–H and O–H groups in total. The van der Waals surface area contributed by atoms with E-state index in [4.69, 9.17) is 10.5 Å². The molecule has 1 atom stereocenters. The van der Waals surface area contributed by atoms with Crippen LogP contribution in [0.5, 0.6) is 5.75 Å². The van der Waals surface area contributed by atoms with Crippen molar-refractivity contribution >= 4 is 11.8 Å². The Kier molecular flexibility index (Phi) is 6.17. The molecule has 0 aliphatic carbocycles. The van der Waals surface area contributed by atoms with Gasteiger partial charge in [-0.2, -0.15) is 0 Å². The van der Waals surface area contributed by atoms with E-state index in [1.165, 1.54) is 4.90 Å². The largest absolute Gasteiger partial charge is 0.496 e. The Hall–Kier alpha value is -2.22. The number of carbonyl (C=O) groups is 2. The molecule has 2 aliphatic heterocycles. The highest BCUT2D eigenvalue weighted by Crippen LogP contribution is 2.30. The van der Waals surface area contributed by atoms with Crippen molar-refractivity contribution in [3.05, 3.63) is 29.3 Å². The molecule has 2 amide bonds. The van der Waals surface area contributed by atoms with Gasteiger partial charge in [0.25, 0.3) is 11.8 Å². The van der Waals surface area contributed by atoms with Crippen LogP contribution in [0.3, 0.4) is 0 Å². The van der Waals surface area contributed by atoms with E-state index >= 15 is 0 Å². The van der Waals surface area contributed by atoms with E-state index in [0.29, 0.717) is 17.2 Å². The molecule has 0 aromatic heterocycles. The molecule has 2 heterocycles. The van der Waals surface area contributed by atoms with Crippen LogP contribution in [0.2, 0.25) is 0 Å². The van der Waals surface area contributed by atoms with E-state index in [0.717, 1.165) is 31.5 Å². The van der Waals surface area contributed by atoms with Crippen molar-refractivity contribution in [2.75, 3.05) is 39.8 Å². The zero-order valence-corrected chi connectivity index (χ0v) is 16.1. The molecule has 8 heteroatoms. The van der Waals surface area contributed by atoms with Crippen LogP contribution in [0.15, 0.2) is 18.2 Å². The van der Waals surface area contributed by atoms with E-state index < -0.39 is 5.92 Å². The summed E-state index contributed by atoms with van der Waals surface area (Å²) in [5, 5.41) is 0. The number of hydrogen-bond acceptors (Lipinski definition) is 4. The van der Waals surface area contributed by atoms with Gasteiger partial charge in [-0.1, -0.05) is 0 Å². The number of alkyl halides is 2. The first-order valence-corrected chi connectivity index (χ1v) is 9.62. The van der Waals surface area contributed by atoms with E-state index in [-0.39, 0.29) is 44.3 Å². The monoisotopic (exact) mass is 395 g/mol. The molecule has 0 bridgehead atoms. The molecule has 0 saturated carbocycles. The Balaban J connectivity index is 1.68. The summed E-state index contributed by atoms with van der Waals surface area (Å²) in [6, 6.07) is 5.26. The molecule has 28 heavy (non-hydrogen) atoms. The summed E-state index contributed by atoms with van der Waals surface area (Å²) < 4.78 is 32.2. The molecule has 0 spiro atoms. The molecule has 1 unspecified atom stereocenters. The number of halogens is 2. The SMILES string of the molecule is COc1ccc(C(=O)N2CCC(F)(F)CC2)cc1CC1CCN(CC(N)=O)C1. The van der Waals surface area contributed by atoms with Crippen LogP contribution >= 0.6 is 0 Å². The quantitative estimate of drug-likeness (QED) is 0.799. The van der Waals surface area contributed by atoms with Crippen LogP contribution in [-0.2, 0) is 11.2 Å².